The van der Waals surface area contributed by atoms with Gasteiger partial charge < -0.3 is 4.74 Å². The molecule has 0 aliphatic carbocycles. The zero-order valence-corrected chi connectivity index (χ0v) is 16.8. The fourth-order valence-corrected chi connectivity index (χ4v) is 4.39. The number of benzene rings is 2. The van der Waals surface area contributed by atoms with Crippen molar-refractivity contribution in [2.75, 3.05) is 18.5 Å². The Balaban J connectivity index is 1.32. The van der Waals surface area contributed by atoms with Gasteiger partial charge in [-0.25, -0.2) is 4.98 Å². The molecule has 0 bridgehead atoms. The van der Waals surface area contributed by atoms with E-state index in [-0.39, 0.29) is 12.5 Å². The van der Waals surface area contributed by atoms with E-state index in [1.807, 2.05) is 6.07 Å². The molecule has 28 heavy (non-hydrogen) atoms. The lowest BCUT2D eigenvalue weighted by atomic mass is 10.1. The van der Waals surface area contributed by atoms with Crippen molar-refractivity contribution >= 4 is 34.0 Å². The number of halogens is 1. The first kappa shape index (κ1) is 18.9. The van der Waals surface area contributed by atoms with Crippen LogP contribution in [-0.4, -0.2) is 28.9 Å². The molecule has 0 unspecified atom stereocenters. The first-order valence-electron chi connectivity index (χ1n) is 9.09. The number of hydrogen-bond donors (Lipinski definition) is 1. The van der Waals surface area contributed by atoms with Crippen molar-refractivity contribution in [2.24, 2.45) is 0 Å². The quantitative estimate of drug-likeness (QED) is 0.651. The Labute approximate surface area is 172 Å². The van der Waals surface area contributed by atoms with Crippen molar-refractivity contribution in [1.29, 1.82) is 0 Å². The zero-order chi connectivity index (χ0) is 19.3. The molecule has 2 heterocycles. The SMILES string of the molecule is O=C(COc1cccc(Cl)c1)Nc1nc2c(s1)CN(Cc1ccccc1)CC2. The molecule has 1 amide bonds. The maximum absolute atomic E-state index is 12.2. The Morgan fingerprint density at radius 3 is 2.89 bits per heavy atom. The maximum Gasteiger partial charge on any atom is 0.264 e. The number of ether oxygens (including phenoxy) is 1. The second-order valence-electron chi connectivity index (χ2n) is 6.63. The number of nitrogens with zero attached hydrogens (tertiary/aromatic N) is 2. The minimum atomic E-state index is -0.229. The van der Waals surface area contributed by atoms with Crippen LogP contribution in [0.25, 0.3) is 0 Å². The van der Waals surface area contributed by atoms with Crippen molar-refractivity contribution in [2.45, 2.75) is 19.5 Å². The Morgan fingerprint density at radius 2 is 2.07 bits per heavy atom. The van der Waals surface area contributed by atoms with Crippen LogP contribution in [0.15, 0.2) is 54.6 Å². The number of carbonyl (C=O) groups is 1. The van der Waals surface area contributed by atoms with Crippen LogP contribution in [0.2, 0.25) is 5.02 Å². The van der Waals surface area contributed by atoms with Gasteiger partial charge >= 0.3 is 0 Å². The fourth-order valence-electron chi connectivity index (χ4n) is 3.14. The van der Waals surface area contributed by atoms with Crippen LogP contribution in [-0.2, 0) is 24.3 Å². The van der Waals surface area contributed by atoms with Gasteiger partial charge in [-0.15, -0.1) is 11.3 Å². The van der Waals surface area contributed by atoms with E-state index in [4.69, 9.17) is 16.3 Å². The molecule has 0 radical (unpaired) electrons. The van der Waals surface area contributed by atoms with E-state index in [1.165, 1.54) is 10.4 Å². The van der Waals surface area contributed by atoms with E-state index in [1.54, 1.807) is 35.6 Å². The van der Waals surface area contributed by atoms with E-state index < -0.39 is 0 Å². The van der Waals surface area contributed by atoms with Crippen LogP contribution < -0.4 is 10.1 Å². The number of rotatable bonds is 6. The average molecular weight is 414 g/mol. The summed E-state index contributed by atoms with van der Waals surface area (Å²) >= 11 is 7.46. The highest BCUT2D eigenvalue weighted by molar-refractivity contribution is 7.15. The largest absolute Gasteiger partial charge is 0.484 e. The minimum absolute atomic E-state index is 0.0786. The first-order valence-corrected chi connectivity index (χ1v) is 10.3. The van der Waals surface area contributed by atoms with Gasteiger partial charge in [0.25, 0.3) is 5.91 Å². The van der Waals surface area contributed by atoms with Gasteiger partial charge in [-0.1, -0.05) is 48.0 Å². The molecule has 1 N–H and O–H groups in total. The Morgan fingerprint density at radius 1 is 1.21 bits per heavy atom. The van der Waals surface area contributed by atoms with Gasteiger partial charge in [0.05, 0.1) is 5.69 Å². The molecule has 0 atom stereocenters. The van der Waals surface area contributed by atoms with Crippen LogP contribution in [0.4, 0.5) is 5.13 Å². The summed E-state index contributed by atoms with van der Waals surface area (Å²) in [5.41, 5.74) is 2.39. The number of amides is 1. The molecule has 0 fully saturated rings. The van der Waals surface area contributed by atoms with Gasteiger partial charge in [-0.05, 0) is 23.8 Å². The fraction of sp³-hybridized carbons (Fsp3) is 0.238. The lowest BCUT2D eigenvalue weighted by Crippen LogP contribution is -2.29. The van der Waals surface area contributed by atoms with E-state index in [0.29, 0.717) is 15.9 Å². The molecule has 2 aromatic carbocycles. The molecule has 1 aliphatic rings. The van der Waals surface area contributed by atoms with Crippen LogP contribution in [0.1, 0.15) is 16.1 Å². The molecule has 4 rings (SSSR count). The lowest BCUT2D eigenvalue weighted by molar-refractivity contribution is -0.118. The van der Waals surface area contributed by atoms with E-state index in [9.17, 15) is 4.79 Å². The predicted molar refractivity (Wildman–Crippen MR) is 112 cm³/mol. The molecular formula is C21H20ClN3O2S. The topological polar surface area (TPSA) is 54.5 Å². The van der Waals surface area contributed by atoms with Crippen molar-refractivity contribution in [1.82, 2.24) is 9.88 Å². The summed E-state index contributed by atoms with van der Waals surface area (Å²) in [6.07, 6.45) is 0.896. The molecule has 1 aromatic heterocycles. The molecule has 0 saturated carbocycles. The first-order chi connectivity index (χ1) is 13.7. The van der Waals surface area contributed by atoms with Gasteiger partial charge in [0, 0.05) is 36.0 Å². The van der Waals surface area contributed by atoms with Gasteiger partial charge in [0.1, 0.15) is 5.75 Å². The third-order valence-corrected chi connectivity index (χ3v) is 5.70. The summed E-state index contributed by atoms with van der Waals surface area (Å²) in [6, 6.07) is 17.4. The maximum atomic E-state index is 12.2. The minimum Gasteiger partial charge on any atom is -0.484 e. The van der Waals surface area contributed by atoms with Gasteiger partial charge in [-0.3, -0.25) is 15.0 Å². The summed E-state index contributed by atoms with van der Waals surface area (Å²) < 4.78 is 5.48. The number of fused-ring (bicyclic) bond motifs is 1. The van der Waals surface area contributed by atoms with Gasteiger partial charge in [-0.2, -0.15) is 0 Å². The molecule has 144 valence electrons. The van der Waals surface area contributed by atoms with Gasteiger partial charge in [0.2, 0.25) is 0 Å². The number of anilines is 1. The van der Waals surface area contributed by atoms with Crippen molar-refractivity contribution in [3.05, 3.63) is 75.8 Å². The molecular weight excluding hydrogens is 394 g/mol. The third kappa shape index (κ3) is 4.90. The smallest absolute Gasteiger partial charge is 0.264 e. The molecule has 0 spiro atoms. The second-order valence-corrected chi connectivity index (χ2v) is 8.15. The average Bonchev–Trinajstić information content (AvgIpc) is 3.09. The molecule has 3 aromatic rings. The second kappa shape index (κ2) is 8.73. The number of carbonyl (C=O) groups excluding carboxylic acids is 1. The highest BCUT2D eigenvalue weighted by Crippen LogP contribution is 2.29. The molecule has 7 heteroatoms. The Bertz CT molecular complexity index is 961. The molecule has 1 aliphatic heterocycles. The van der Waals surface area contributed by atoms with Crippen LogP contribution in [0.5, 0.6) is 5.75 Å². The normalized spacial score (nSPS) is 13.8. The summed E-state index contributed by atoms with van der Waals surface area (Å²) in [7, 11) is 0. The van der Waals surface area contributed by atoms with Gasteiger partial charge in [0.15, 0.2) is 11.7 Å². The summed E-state index contributed by atoms with van der Waals surface area (Å²) in [6.45, 7) is 2.67. The van der Waals surface area contributed by atoms with Crippen molar-refractivity contribution in [3.63, 3.8) is 0 Å². The van der Waals surface area contributed by atoms with Crippen LogP contribution in [0, 0.1) is 0 Å². The molecule has 5 nitrogen and oxygen atoms in total. The highest BCUT2D eigenvalue weighted by atomic mass is 35.5. The standard InChI is InChI=1S/C21H20ClN3O2S/c22-16-7-4-8-17(11-16)27-14-20(26)24-21-23-18-9-10-25(13-19(18)28-21)12-15-5-2-1-3-6-15/h1-8,11H,9-10,12-14H2,(H,23,24,26). The van der Waals surface area contributed by atoms with Crippen LogP contribution >= 0.6 is 22.9 Å². The zero-order valence-electron chi connectivity index (χ0n) is 15.2. The summed E-state index contributed by atoms with van der Waals surface area (Å²) in [5.74, 6) is 0.338. The Hall–Kier alpha value is -2.41. The number of thiazole rings is 1. The highest BCUT2D eigenvalue weighted by Gasteiger charge is 2.21. The molecule has 0 saturated heterocycles. The monoisotopic (exact) mass is 413 g/mol. The van der Waals surface area contributed by atoms with E-state index in [0.717, 1.165) is 31.7 Å². The predicted octanol–water partition coefficient (Wildman–Crippen LogP) is 4.37. The lowest BCUT2D eigenvalue weighted by Gasteiger charge is -2.25. The summed E-state index contributed by atoms with van der Waals surface area (Å²) in [4.78, 5) is 20.4. The summed E-state index contributed by atoms with van der Waals surface area (Å²) in [5, 5.41) is 4.05. The number of hydrogen-bond acceptors (Lipinski definition) is 5. The van der Waals surface area contributed by atoms with Crippen molar-refractivity contribution < 1.29 is 9.53 Å². The van der Waals surface area contributed by atoms with Crippen molar-refractivity contribution in [3.8, 4) is 5.75 Å². The third-order valence-electron chi connectivity index (χ3n) is 4.47. The van der Waals surface area contributed by atoms with E-state index in [2.05, 4.69) is 39.5 Å². The Kier molecular flexibility index (Phi) is 5.90. The number of nitrogens with one attached hydrogen (secondary N) is 1. The van der Waals surface area contributed by atoms with Crippen LogP contribution in [0.3, 0.4) is 0 Å². The van der Waals surface area contributed by atoms with E-state index >= 15 is 0 Å². The number of aromatic nitrogens is 1.